The lowest BCUT2D eigenvalue weighted by Gasteiger charge is -2.24. The number of hydrogen-bond donors (Lipinski definition) is 1. The molecule has 1 fully saturated rings. The van der Waals surface area contributed by atoms with Crippen LogP contribution in [0.15, 0.2) is 17.0 Å². The average Bonchev–Trinajstić information content (AvgIpc) is 3.17. The summed E-state index contributed by atoms with van der Waals surface area (Å²) in [4.78, 5) is 9.53. The van der Waals surface area contributed by atoms with Gasteiger partial charge in [0.15, 0.2) is 0 Å². The van der Waals surface area contributed by atoms with Gasteiger partial charge in [0.1, 0.15) is 0 Å². The molecule has 0 radical (unpaired) electrons. The van der Waals surface area contributed by atoms with Crippen LogP contribution in [0.4, 0.5) is 0 Å². The van der Waals surface area contributed by atoms with E-state index < -0.39 is 0 Å². The van der Waals surface area contributed by atoms with Crippen molar-refractivity contribution < 1.29 is 0 Å². The van der Waals surface area contributed by atoms with Crippen LogP contribution >= 0.6 is 46.7 Å². The maximum atomic E-state index is 6.28. The van der Waals surface area contributed by atoms with Gasteiger partial charge in [-0.3, -0.25) is 4.90 Å². The normalized spacial score (nSPS) is 17.9. The topological polar surface area (TPSA) is 28.2 Å². The molecule has 22 heavy (non-hydrogen) atoms. The second kappa shape index (κ2) is 8.62. The standard InChI is InChI=1S/C15H20ClN3S2.ClH/c1-11-14(21-10-18-11)8-19(7-12-2-4-17-6-12)9-15-13(16)3-5-20-15;/h3,5,10,12,17H,2,4,6-9H2,1H3;1H. The molecule has 7 heteroatoms. The third-order valence-electron chi connectivity index (χ3n) is 3.95. The van der Waals surface area contributed by atoms with Crippen molar-refractivity contribution in [3.63, 3.8) is 0 Å². The molecule has 122 valence electrons. The van der Waals surface area contributed by atoms with E-state index in [0.29, 0.717) is 0 Å². The van der Waals surface area contributed by atoms with Gasteiger partial charge in [0, 0.05) is 29.4 Å². The van der Waals surface area contributed by atoms with Gasteiger partial charge in [-0.05, 0) is 43.8 Å². The molecule has 3 rings (SSSR count). The van der Waals surface area contributed by atoms with Gasteiger partial charge < -0.3 is 5.32 Å². The fraction of sp³-hybridized carbons (Fsp3) is 0.533. The molecule has 2 aromatic rings. The first-order valence-corrected chi connectivity index (χ1v) is 9.40. The third-order valence-corrected chi connectivity index (χ3v) is 6.24. The van der Waals surface area contributed by atoms with Gasteiger partial charge in [-0.15, -0.1) is 35.1 Å². The van der Waals surface area contributed by atoms with Crippen LogP contribution in [-0.4, -0.2) is 29.5 Å². The largest absolute Gasteiger partial charge is 0.316 e. The minimum absolute atomic E-state index is 0. The Bertz CT molecular complexity index is 537. The number of hydrogen-bond acceptors (Lipinski definition) is 5. The zero-order chi connectivity index (χ0) is 14.7. The van der Waals surface area contributed by atoms with Crippen molar-refractivity contribution >= 4 is 46.7 Å². The Balaban J connectivity index is 0.00000176. The van der Waals surface area contributed by atoms with Crippen LogP contribution in [-0.2, 0) is 13.1 Å². The van der Waals surface area contributed by atoms with Crippen LogP contribution in [0.2, 0.25) is 5.02 Å². The summed E-state index contributed by atoms with van der Waals surface area (Å²) in [7, 11) is 0. The Morgan fingerprint density at radius 3 is 2.77 bits per heavy atom. The quantitative estimate of drug-likeness (QED) is 0.817. The number of nitrogens with zero attached hydrogens (tertiary/aromatic N) is 2. The summed E-state index contributed by atoms with van der Waals surface area (Å²) in [5.74, 6) is 0.747. The molecule has 0 aromatic carbocycles. The average molecular weight is 378 g/mol. The second-order valence-electron chi connectivity index (χ2n) is 5.58. The molecule has 1 atom stereocenters. The van der Waals surface area contributed by atoms with E-state index >= 15 is 0 Å². The molecule has 0 saturated carbocycles. The number of rotatable bonds is 6. The molecule has 1 aliphatic rings. The van der Waals surface area contributed by atoms with Crippen LogP contribution < -0.4 is 5.32 Å². The summed E-state index contributed by atoms with van der Waals surface area (Å²) in [6.07, 6.45) is 1.27. The Morgan fingerprint density at radius 1 is 1.36 bits per heavy atom. The fourth-order valence-electron chi connectivity index (χ4n) is 2.74. The van der Waals surface area contributed by atoms with Gasteiger partial charge in [-0.1, -0.05) is 11.6 Å². The van der Waals surface area contributed by atoms with Crippen molar-refractivity contribution in [2.24, 2.45) is 5.92 Å². The predicted octanol–water partition coefficient (Wildman–Crippen LogP) is 4.20. The van der Waals surface area contributed by atoms with Crippen molar-refractivity contribution in [1.82, 2.24) is 15.2 Å². The molecule has 1 aliphatic heterocycles. The van der Waals surface area contributed by atoms with Gasteiger partial charge in [-0.25, -0.2) is 4.98 Å². The van der Waals surface area contributed by atoms with Crippen molar-refractivity contribution in [2.45, 2.75) is 26.4 Å². The number of halogens is 2. The summed E-state index contributed by atoms with van der Waals surface area (Å²) >= 11 is 9.78. The molecule has 3 heterocycles. The Morgan fingerprint density at radius 2 is 2.18 bits per heavy atom. The van der Waals surface area contributed by atoms with E-state index in [1.165, 1.54) is 16.2 Å². The molecule has 2 aromatic heterocycles. The van der Waals surface area contributed by atoms with Gasteiger partial charge in [0.05, 0.1) is 16.2 Å². The van der Waals surface area contributed by atoms with E-state index in [-0.39, 0.29) is 12.4 Å². The van der Waals surface area contributed by atoms with Gasteiger partial charge >= 0.3 is 0 Å². The van der Waals surface area contributed by atoms with Crippen LogP contribution in [0.25, 0.3) is 0 Å². The molecule has 0 spiro atoms. The van der Waals surface area contributed by atoms with E-state index in [1.54, 1.807) is 22.7 Å². The van der Waals surface area contributed by atoms with Crippen LogP contribution in [0.3, 0.4) is 0 Å². The smallest absolute Gasteiger partial charge is 0.0798 e. The first-order chi connectivity index (χ1) is 10.2. The SMILES string of the molecule is Cc1ncsc1CN(Cc1sccc1Cl)CC1CCNC1.Cl. The maximum Gasteiger partial charge on any atom is 0.0798 e. The lowest BCUT2D eigenvalue weighted by atomic mass is 10.1. The van der Waals surface area contributed by atoms with Gasteiger partial charge in [-0.2, -0.15) is 0 Å². The summed E-state index contributed by atoms with van der Waals surface area (Å²) in [6.45, 7) is 7.41. The third kappa shape index (κ3) is 4.66. The van der Waals surface area contributed by atoms with Crippen molar-refractivity contribution in [1.29, 1.82) is 0 Å². The molecule has 0 amide bonds. The fourth-order valence-corrected chi connectivity index (χ4v) is 4.70. The van der Waals surface area contributed by atoms with Crippen molar-refractivity contribution in [3.8, 4) is 0 Å². The highest BCUT2D eigenvalue weighted by atomic mass is 35.5. The van der Waals surface area contributed by atoms with Crippen LogP contribution in [0.1, 0.15) is 21.9 Å². The Kier molecular flexibility index (Phi) is 7.12. The molecular weight excluding hydrogens is 357 g/mol. The Hall–Kier alpha value is -0.170. The number of nitrogens with one attached hydrogen (secondary N) is 1. The minimum atomic E-state index is 0. The van der Waals surface area contributed by atoms with E-state index in [2.05, 4.69) is 27.5 Å². The zero-order valence-electron chi connectivity index (χ0n) is 12.5. The highest BCUT2D eigenvalue weighted by Gasteiger charge is 2.20. The molecule has 0 aliphatic carbocycles. The van der Waals surface area contributed by atoms with Gasteiger partial charge in [0.25, 0.3) is 0 Å². The lowest BCUT2D eigenvalue weighted by molar-refractivity contribution is 0.224. The molecule has 3 nitrogen and oxygen atoms in total. The summed E-state index contributed by atoms with van der Waals surface area (Å²) in [5.41, 5.74) is 3.10. The number of aromatic nitrogens is 1. The van der Waals surface area contributed by atoms with E-state index in [9.17, 15) is 0 Å². The lowest BCUT2D eigenvalue weighted by Crippen LogP contribution is -2.29. The zero-order valence-corrected chi connectivity index (χ0v) is 15.8. The first-order valence-electron chi connectivity index (χ1n) is 7.26. The number of thiazole rings is 1. The van der Waals surface area contributed by atoms with Crippen molar-refractivity contribution in [3.05, 3.63) is 37.4 Å². The molecule has 1 saturated heterocycles. The molecule has 1 unspecified atom stereocenters. The second-order valence-corrected chi connectivity index (χ2v) is 7.93. The van der Waals surface area contributed by atoms with Crippen LogP contribution in [0, 0.1) is 12.8 Å². The molecule has 1 N–H and O–H groups in total. The first kappa shape index (κ1) is 18.2. The van der Waals surface area contributed by atoms with Crippen molar-refractivity contribution in [2.75, 3.05) is 19.6 Å². The maximum absolute atomic E-state index is 6.28. The molecule has 0 bridgehead atoms. The monoisotopic (exact) mass is 377 g/mol. The highest BCUT2D eigenvalue weighted by Crippen LogP contribution is 2.26. The summed E-state index contributed by atoms with van der Waals surface area (Å²) in [6, 6.07) is 1.99. The minimum Gasteiger partial charge on any atom is -0.316 e. The summed E-state index contributed by atoms with van der Waals surface area (Å²) < 4.78 is 0. The van der Waals surface area contributed by atoms with Gasteiger partial charge in [0.2, 0.25) is 0 Å². The summed E-state index contributed by atoms with van der Waals surface area (Å²) in [5, 5.41) is 6.43. The number of aryl methyl sites for hydroxylation is 1. The molecular formula is C15H21Cl2N3S2. The number of thiophene rings is 1. The Labute approximate surface area is 151 Å². The predicted molar refractivity (Wildman–Crippen MR) is 98.5 cm³/mol. The van der Waals surface area contributed by atoms with Crippen LogP contribution in [0.5, 0.6) is 0 Å². The van der Waals surface area contributed by atoms with E-state index in [4.69, 9.17) is 11.6 Å². The highest BCUT2D eigenvalue weighted by molar-refractivity contribution is 7.10. The van der Waals surface area contributed by atoms with E-state index in [1.807, 2.05) is 11.6 Å². The van der Waals surface area contributed by atoms with E-state index in [0.717, 1.165) is 49.4 Å².